The summed E-state index contributed by atoms with van der Waals surface area (Å²) in [5.41, 5.74) is 1.63. The number of piperidine rings is 1. The van der Waals surface area contributed by atoms with Crippen LogP contribution in [0.5, 0.6) is 5.88 Å². The summed E-state index contributed by atoms with van der Waals surface area (Å²) < 4.78 is 41.1. The number of nitrogens with zero attached hydrogens (tertiary/aromatic N) is 4. The fourth-order valence-electron chi connectivity index (χ4n) is 4.42. The highest BCUT2D eigenvalue weighted by Crippen LogP contribution is 2.29. The third-order valence-electron chi connectivity index (χ3n) is 6.42. The average Bonchev–Trinajstić information content (AvgIpc) is 3.30. The van der Waals surface area contributed by atoms with Gasteiger partial charge in [0.15, 0.2) is 5.83 Å². The molecular formula is C27H29ClF2N4O3. The molecule has 0 spiro atoms. The maximum Gasteiger partial charge on any atom is 0.213 e. The minimum atomic E-state index is -0.615. The number of rotatable bonds is 11. The number of hydrogen-bond acceptors (Lipinski definition) is 6. The van der Waals surface area contributed by atoms with Gasteiger partial charge in [-0.1, -0.05) is 23.7 Å². The number of halogens is 3. The van der Waals surface area contributed by atoms with Gasteiger partial charge in [-0.2, -0.15) is 0 Å². The highest BCUT2D eigenvalue weighted by atomic mass is 35.5. The van der Waals surface area contributed by atoms with E-state index >= 15 is 0 Å². The molecule has 0 radical (unpaired) electrons. The maximum atomic E-state index is 14.3. The van der Waals surface area contributed by atoms with Crippen LogP contribution in [-0.2, 0) is 29.2 Å². The molecule has 0 N–H and O–H groups in total. The molecule has 4 rings (SSSR count). The van der Waals surface area contributed by atoms with Crippen LogP contribution in [0, 0.1) is 5.82 Å². The number of aromatic nitrogens is 3. The predicted molar refractivity (Wildman–Crippen MR) is 136 cm³/mol. The summed E-state index contributed by atoms with van der Waals surface area (Å²) in [7, 11) is 1.59. The van der Waals surface area contributed by atoms with Crippen LogP contribution in [0.4, 0.5) is 8.78 Å². The minimum absolute atomic E-state index is 0.0677. The number of carbonyl (C=O) groups is 1. The van der Waals surface area contributed by atoms with Gasteiger partial charge in [0.2, 0.25) is 5.88 Å². The Kier molecular flexibility index (Phi) is 9.38. The van der Waals surface area contributed by atoms with E-state index in [1.54, 1.807) is 29.9 Å². The van der Waals surface area contributed by atoms with Crippen molar-refractivity contribution in [3.05, 3.63) is 82.3 Å². The molecule has 3 aromatic rings. The summed E-state index contributed by atoms with van der Waals surface area (Å²) in [4.78, 5) is 22.1. The summed E-state index contributed by atoms with van der Waals surface area (Å²) in [6.07, 6.45) is 4.57. The molecule has 0 saturated carbocycles. The van der Waals surface area contributed by atoms with Crippen molar-refractivity contribution in [3.8, 4) is 5.88 Å². The first-order valence-electron chi connectivity index (χ1n) is 12.1. The zero-order valence-corrected chi connectivity index (χ0v) is 21.3. The minimum Gasteiger partial charge on any atom is -0.473 e. The number of ether oxygens (including phenoxy) is 2. The molecule has 7 nitrogen and oxygen atoms in total. The van der Waals surface area contributed by atoms with Crippen LogP contribution in [0.1, 0.15) is 41.5 Å². The molecule has 37 heavy (non-hydrogen) atoms. The highest BCUT2D eigenvalue weighted by molar-refractivity contribution is 6.30. The SMILES string of the molecule is COCCn1c(/C(F)=C/C=O)cnc1CN1CCC(c2cccc(OCc3ccc(Cl)cc3F)n2)CC1. The van der Waals surface area contributed by atoms with Gasteiger partial charge in [-0.15, -0.1) is 0 Å². The van der Waals surface area contributed by atoms with Gasteiger partial charge in [0, 0.05) is 48.0 Å². The Labute approximate surface area is 219 Å². The Balaban J connectivity index is 1.36. The van der Waals surface area contributed by atoms with E-state index in [0.717, 1.165) is 43.5 Å². The van der Waals surface area contributed by atoms with E-state index in [2.05, 4.69) is 14.9 Å². The molecule has 196 valence electrons. The van der Waals surface area contributed by atoms with Crippen molar-refractivity contribution in [3.63, 3.8) is 0 Å². The topological polar surface area (TPSA) is 69.5 Å². The molecule has 2 aromatic heterocycles. The third kappa shape index (κ3) is 7.00. The molecule has 10 heteroatoms. The smallest absolute Gasteiger partial charge is 0.213 e. The molecule has 1 aromatic carbocycles. The van der Waals surface area contributed by atoms with Crippen molar-refractivity contribution in [1.29, 1.82) is 0 Å². The van der Waals surface area contributed by atoms with Gasteiger partial charge in [0.05, 0.1) is 25.0 Å². The van der Waals surface area contributed by atoms with Gasteiger partial charge in [-0.25, -0.2) is 18.7 Å². The fraction of sp³-hybridized carbons (Fsp3) is 0.370. The lowest BCUT2D eigenvalue weighted by molar-refractivity contribution is -0.104. The molecule has 0 atom stereocenters. The van der Waals surface area contributed by atoms with Crippen LogP contribution >= 0.6 is 11.6 Å². The number of imidazole rings is 1. The monoisotopic (exact) mass is 530 g/mol. The summed E-state index contributed by atoms with van der Waals surface area (Å²) in [5, 5.41) is 0.342. The molecule has 0 aliphatic carbocycles. The number of aldehydes is 1. The van der Waals surface area contributed by atoms with Crippen LogP contribution in [0.15, 0.2) is 48.7 Å². The van der Waals surface area contributed by atoms with Crippen molar-refractivity contribution in [2.24, 2.45) is 0 Å². The summed E-state index contributed by atoms with van der Waals surface area (Å²) in [6, 6.07) is 10.2. The lowest BCUT2D eigenvalue weighted by Crippen LogP contribution is -2.33. The first-order valence-corrected chi connectivity index (χ1v) is 12.5. The summed E-state index contributed by atoms with van der Waals surface area (Å²) in [6.45, 7) is 3.13. The van der Waals surface area contributed by atoms with E-state index in [1.165, 1.54) is 12.3 Å². The van der Waals surface area contributed by atoms with Gasteiger partial charge in [-0.05, 0) is 44.1 Å². The lowest BCUT2D eigenvalue weighted by atomic mass is 9.93. The van der Waals surface area contributed by atoms with Crippen molar-refractivity contribution >= 4 is 23.7 Å². The second-order valence-electron chi connectivity index (χ2n) is 8.83. The number of allylic oxidation sites excluding steroid dienone is 1. The van der Waals surface area contributed by atoms with Crippen molar-refractivity contribution < 1.29 is 23.0 Å². The van der Waals surface area contributed by atoms with E-state index in [-0.39, 0.29) is 18.2 Å². The number of hydrogen-bond donors (Lipinski definition) is 0. The van der Waals surface area contributed by atoms with Crippen LogP contribution in [-0.4, -0.2) is 52.5 Å². The van der Waals surface area contributed by atoms with E-state index < -0.39 is 11.6 Å². The summed E-state index contributed by atoms with van der Waals surface area (Å²) >= 11 is 5.81. The van der Waals surface area contributed by atoms with Gasteiger partial charge in [-0.3, -0.25) is 9.69 Å². The van der Waals surface area contributed by atoms with Gasteiger partial charge < -0.3 is 14.0 Å². The predicted octanol–water partition coefficient (Wildman–Crippen LogP) is 5.18. The number of carbonyl (C=O) groups excluding carboxylic acids is 1. The molecule has 1 fully saturated rings. The lowest BCUT2D eigenvalue weighted by Gasteiger charge is -2.31. The van der Waals surface area contributed by atoms with Crippen LogP contribution < -0.4 is 4.74 Å². The van der Waals surface area contributed by atoms with Crippen molar-refractivity contribution in [2.45, 2.75) is 38.5 Å². The van der Waals surface area contributed by atoms with Crippen LogP contribution in [0.3, 0.4) is 0 Å². The van der Waals surface area contributed by atoms with Crippen molar-refractivity contribution in [2.75, 3.05) is 26.8 Å². The quantitative estimate of drug-likeness (QED) is 0.251. The Hall–Kier alpha value is -3.14. The first-order chi connectivity index (χ1) is 18.0. The number of methoxy groups -OCH3 is 1. The van der Waals surface area contributed by atoms with E-state index in [4.69, 9.17) is 21.1 Å². The second kappa shape index (κ2) is 12.9. The Morgan fingerprint density at radius 3 is 2.78 bits per heavy atom. The Morgan fingerprint density at radius 1 is 1.24 bits per heavy atom. The van der Waals surface area contributed by atoms with E-state index in [0.29, 0.717) is 42.4 Å². The number of pyridine rings is 1. The van der Waals surface area contributed by atoms with Crippen LogP contribution in [0.2, 0.25) is 5.02 Å². The zero-order chi connectivity index (χ0) is 26.2. The van der Waals surface area contributed by atoms with Gasteiger partial charge >= 0.3 is 0 Å². The third-order valence-corrected chi connectivity index (χ3v) is 6.66. The largest absolute Gasteiger partial charge is 0.473 e. The molecule has 0 amide bonds. The van der Waals surface area contributed by atoms with E-state index in [1.807, 2.05) is 12.1 Å². The Morgan fingerprint density at radius 2 is 2.05 bits per heavy atom. The molecular weight excluding hydrogens is 502 g/mol. The first kappa shape index (κ1) is 26.9. The second-order valence-corrected chi connectivity index (χ2v) is 9.27. The number of benzene rings is 1. The molecule has 1 aliphatic rings. The van der Waals surface area contributed by atoms with Crippen LogP contribution in [0.25, 0.3) is 5.83 Å². The zero-order valence-electron chi connectivity index (χ0n) is 20.6. The molecule has 0 unspecified atom stereocenters. The normalized spacial score (nSPS) is 15.2. The average molecular weight is 531 g/mol. The van der Waals surface area contributed by atoms with E-state index in [9.17, 15) is 13.6 Å². The standard InChI is InChI=1S/C27H29ClF2N4O3/c1-36-14-12-34-25(22(29)9-13-35)16-31-26(34)17-33-10-7-19(8-11-33)24-3-2-4-27(32-24)37-18-20-5-6-21(28)15-23(20)30/h2-6,9,13,15-16,19H,7-8,10-12,14,17-18H2,1H3/b22-9-. The van der Waals surface area contributed by atoms with Crippen molar-refractivity contribution in [1.82, 2.24) is 19.4 Å². The van der Waals surface area contributed by atoms with Gasteiger partial charge in [0.25, 0.3) is 0 Å². The molecule has 1 aliphatic heterocycles. The highest BCUT2D eigenvalue weighted by Gasteiger charge is 2.24. The molecule has 0 bridgehead atoms. The molecule has 1 saturated heterocycles. The molecule has 3 heterocycles. The number of likely N-dealkylation sites (tertiary alicyclic amines) is 1. The van der Waals surface area contributed by atoms with Gasteiger partial charge in [0.1, 0.15) is 24.5 Å². The summed E-state index contributed by atoms with van der Waals surface area (Å²) in [5.74, 6) is 0.420. The fourth-order valence-corrected chi connectivity index (χ4v) is 4.58. The Bertz CT molecular complexity index is 1240. The maximum absolute atomic E-state index is 14.3.